The lowest BCUT2D eigenvalue weighted by Gasteiger charge is -2.14. The van der Waals surface area contributed by atoms with Crippen molar-refractivity contribution < 1.29 is 9.47 Å². The van der Waals surface area contributed by atoms with Crippen LogP contribution in [0.25, 0.3) is 0 Å². The van der Waals surface area contributed by atoms with E-state index in [9.17, 15) is 0 Å². The standard InChI is InChI=1S/C10H13Br2NO2/c1-3-14-7-5-6(11)9(13)8(12)10(7)15-4-2/h5H,3-4,13H2,1-2H3. The molecule has 1 rings (SSSR count). The Hall–Kier alpha value is -0.420. The van der Waals surface area contributed by atoms with Gasteiger partial charge in [0.15, 0.2) is 11.5 Å². The van der Waals surface area contributed by atoms with E-state index >= 15 is 0 Å². The molecule has 0 aliphatic rings. The van der Waals surface area contributed by atoms with E-state index in [4.69, 9.17) is 15.2 Å². The van der Waals surface area contributed by atoms with Crippen LogP contribution >= 0.6 is 31.9 Å². The highest BCUT2D eigenvalue weighted by Crippen LogP contribution is 2.43. The van der Waals surface area contributed by atoms with Crippen LogP contribution in [0.3, 0.4) is 0 Å². The normalized spacial score (nSPS) is 10.1. The predicted octanol–water partition coefficient (Wildman–Crippen LogP) is 3.59. The lowest BCUT2D eigenvalue weighted by atomic mass is 10.3. The average Bonchev–Trinajstić information content (AvgIpc) is 2.21. The fraction of sp³-hybridized carbons (Fsp3) is 0.400. The van der Waals surface area contributed by atoms with Crippen molar-refractivity contribution in [2.75, 3.05) is 18.9 Å². The zero-order valence-electron chi connectivity index (χ0n) is 8.64. The monoisotopic (exact) mass is 337 g/mol. The summed E-state index contributed by atoms with van der Waals surface area (Å²) in [5, 5.41) is 0. The summed E-state index contributed by atoms with van der Waals surface area (Å²) < 4.78 is 12.5. The molecule has 0 radical (unpaired) electrons. The smallest absolute Gasteiger partial charge is 0.177 e. The third-order valence-corrected chi connectivity index (χ3v) is 3.21. The lowest BCUT2D eigenvalue weighted by molar-refractivity contribution is 0.286. The topological polar surface area (TPSA) is 44.5 Å². The van der Waals surface area contributed by atoms with Crippen LogP contribution in [0.4, 0.5) is 5.69 Å². The third kappa shape index (κ3) is 2.78. The Kier molecular flexibility index (Phi) is 4.73. The molecule has 0 fully saturated rings. The van der Waals surface area contributed by atoms with Gasteiger partial charge in [-0.1, -0.05) is 0 Å². The first-order chi connectivity index (χ1) is 7.11. The molecule has 1 aromatic rings. The minimum atomic E-state index is 0.569. The molecule has 0 bridgehead atoms. The molecule has 2 N–H and O–H groups in total. The maximum Gasteiger partial charge on any atom is 0.177 e. The minimum Gasteiger partial charge on any atom is -0.490 e. The average molecular weight is 339 g/mol. The summed E-state index contributed by atoms with van der Waals surface area (Å²) in [4.78, 5) is 0. The molecule has 0 aliphatic carbocycles. The number of hydrogen-bond donors (Lipinski definition) is 1. The maximum atomic E-state index is 5.85. The number of nitrogen functional groups attached to an aromatic ring is 1. The van der Waals surface area contributed by atoms with Gasteiger partial charge in [0.1, 0.15) is 0 Å². The molecular weight excluding hydrogens is 326 g/mol. The first kappa shape index (κ1) is 12.6. The van der Waals surface area contributed by atoms with Crippen molar-refractivity contribution in [3.63, 3.8) is 0 Å². The number of halogens is 2. The van der Waals surface area contributed by atoms with Gasteiger partial charge in [-0.15, -0.1) is 0 Å². The molecule has 84 valence electrons. The quantitative estimate of drug-likeness (QED) is 0.853. The van der Waals surface area contributed by atoms with Gasteiger partial charge in [-0.25, -0.2) is 0 Å². The van der Waals surface area contributed by atoms with E-state index in [0.29, 0.717) is 30.4 Å². The number of nitrogens with two attached hydrogens (primary N) is 1. The van der Waals surface area contributed by atoms with Crippen molar-refractivity contribution in [3.8, 4) is 11.5 Å². The van der Waals surface area contributed by atoms with Gasteiger partial charge in [-0.2, -0.15) is 0 Å². The summed E-state index contributed by atoms with van der Waals surface area (Å²) in [6.07, 6.45) is 0. The van der Waals surface area contributed by atoms with Crippen molar-refractivity contribution in [1.82, 2.24) is 0 Å². The summed E-state index contributed by atoms with van der Waals surface area (Å²) in [6.45, 7) is 5.00. The first-order valence-electron chi connectivity index (χ1n) is 4.64. The van der Waals surface area contributed by atoms with Crippen molar-refractivity contribution in [2.24, 2.45) is 0 Å². The van der Waals surface area contributed by atoms with Crippen LogP contribution in [0.2, 0.25) is 0 Å². The minimum absolute atomic E-state index is 0.569. The van der Waals surface area contributed by atoms with E-state index in [1.807, 2.05) is 19.9 Å². The summed E-state index contributed by atoms with van der Waals surface area (Å²) in [5.41, 5.74) is 6.46. The molecule has 1 aromatic carbocycles. The molecule has 3 nitrogen and oxygen atoms in total. The number of benzene rings is 1. The van der Waals surface area contributed by atoms with Gasteiger partial charge in [0.05, 0.1) is 23.4 Å². The maximum absolute atomic E-state index is 5.85. The lowest BCUT2D eigenvalue weighted by Crippen LogP contribution is -2.01. The van der Waals surface area contributed by atoms with Gasteiger partial charge in [-0.3, -0.25) is 0 Å². The Balaban J connectivity index is 3.23. The Morgan fingerprint density at radius 2 is 1.80 bits per heavy atom. The molecule has 0 saturated carbocycles. The van der Waals surface area contributed by atoms with E-state index in [-0.39, 0.29) is 0 Å². The highest BCUT2D eigenvalue weighted by molar-refractivity contribution is 9.11. The third-order valence-electron chi connectivity index (χ3n) is 1.76. The van der Waals surface area contributed by atoms with Crippen LogP contribution < -0.4 is 15.2 Å². The van der Waals surface area contributed by atoms with E-state index in [1.54, 1.807) is 0 Å². The van der Waals surface area contributed by atoms with Gasteiger partial charge in [0, 0.05) is 10.5 Å². The summed E-state index contributed by atoms with van der Waals surface area (Å²) in [6, 6.07) is 1.81. The molecule has 15 heavy (non-hydrogen) atoms. The van der Waals surface area contributed by atoms with E-state index in [1.165, 1.54) is 0 Å². The Morgan fingerprint density at radius 3 is 2.33 bits per heavy atom. The van der Waals surface area contributed by atoms with Crippen molar-refractivity contribution in [3.05, 3.63) is 15.0 Å². The van der Waals surface area contributed by atoms with Crippen LogP contribution in [0.5, 0.6) is 11.5 Å². The van der Waals surface area contributed by atoms with Crippen molar-refractivity contribution in [2.45, 2.75) is 13.8 Å². The molecule has 0 spiro atoms. The second kappa shape index (κ2) is 5.61. The summed E-state index contributed by atoms with van der Waals surface area (Å²) >= 11 is 6.75. The van der Waals surface area contributed by atoms with E-state index < -0.39 is 0 Å². The van der Waals surface area contributed by atoms with Crippen LogP contribution in [-0.2, 0) is 0 Å². The summed E-state index contributed by atoms with van der Waals surface area (Å²) in [7, 11) is 0. The molecule has 0 heterocycles. The molecule has 5 heteroatoms. The molecule has 0 aliphatic heterocycles. The largest absolute Gasteiger partial charge is 0.490 e. The van der Waals surface area contributed by atoms with Gasteiger partial charge in [-0.05, 0) is 45.7 Å². The number of ether oxygens (including phenoxy) is 2. The second-order valence-electron chi connectivity index (χ2n) is 2.78. The molecule has 0 unspecified atom stereocenters. The zero-order valence-corrected chi connectivity index (χ0v) is 11.8. The van der Waals surface area contributed by atoms with Gasteiger partial charge in [0.25, 0.3) is 0 Å². The number of rotatable bonds is 4. The van der Waals surface area contributed by atoms with Crippen LogP contribution in [-0.4, -0.2) is 13.2 Å². The Bertz CT molecular complexity index is 356. The highest BCUT2D eigenvalue weighted by Gasteiger charge is 2.15. The Morgan fingerprint density at radius 1 is 1.20 bits per heavy atom. The number of hydrogen-bond acceptors (Lipinski definition) is 3. The molecule has 0 saturated heterocycles. The van der Waals surface area contributed by atoms with Gasteiger partial charge < -0.3 is 15.2 Å². The highest BCUT2D eigenvalue weighted by atomic mass is 79.9. The fourth-order valence-electron chi connectivity index (χ4n) is 1.14. The van der Waals surface area contributed by atoms with Crippen LogP contribution in [0, 0.1) is 0 Å². The van der Waals surface area contributed by atoms with Gasteiger partial charge >= 0.3 is 0 Å². The van der Waals surface area contributed by atoms with Crippen molar-refractivity contribution >= 4 is 37.5 Å². The predicted molar refractivity (Wildman–Crippen MR) is 68.6 cm³/mol. The SMILES string of the molecule is CCOc1cc(Br)c(N)c(Br)c1OCC. The molecule has 0 aromatic heterocycles. The van der Waals surface area contributed by atoms with Crippen molar-refractivity contribution in [1.29, 1.82) is 0 Å². The molecule has 0 atom stereocenters. The van der Waals surface area contributed by atoms with E-state index in [2.05, 4.69) is 31.9 Å². The number of anilines is 1. The molecule has 0 amide bonds. The van der Waals surface area contributed by atoms with E-state index in [0.717, 1.165) is 8.95 Å². The van der Waals surface area contributed by atoms with Gasteiger partial charge in [0.2, 0.25) is 0 Å². The first-order valence-corrected chi connectivity index (χ1v) is 6.23. The Labute approximate surface area is 106 Å². The van der Waals surface area contributed by atoms with Crippen LogP contribution in [0.1, 0.15) is 13.8 Å². The van der Waals surface area contributed by atoms with Crippen LogP contribution in [0.15, 0.2) is 15.0 Å². The summed E-state index contributed by atoms with van der Waals surface area (Å²) in [5.74, 6) is 1.34. The second-order valence-corrected chi connectivity index (χ2v) is 4.43. The zero-order chi connectivity index (χ0) is 11.4. The fourth-order valence-corrected chi connectivity index (χ4v) is 2.33. The molecular formula is C10H13Br2NO2.